The molecular weight excluding hydrogens is 180 g/mol. The van der Waals surface area contributed by atoms with Crippen molar-refractivity contribution in [2.45, 2.75) is 78.6 Å². The van der Waals surface area contributed by atoms with E-state index in [2.05, 4.69) is 20.8 Å². The molecule has 0 N–H and O–H groups in total. The highest BCUT2D eigenvalue weighted by Crippen LogP contribution is 2.64. The summed E-state index contributed by atoms with van der Waals surface area (Å²) in [6, 6.07) is 0. The average molecular weight is 208 g/mol. The maximum absolute atomic E-state index is 2.53. The predicted molar refractivity (Wildman–Crippen MR) is 66.9 cm³/mol. The van der Waals surface area contributed by atoms with Gasteiger partial charge >= 0.3 is 0 Å². The van der Waals surface area contributed by atoms with Gasteiger partial charge in [-0.3, -0.25) is 0 Å². The number of rotatable bonds is 3. The van der Waals surface area contributed by atoms with Crippen LogP contribution in [-0.2, 0) is 0 Å². The second-order valence-electron chi connectivity index (χ2n) is 6.14. The lowest BCUT2D eigenvalue weighted by atomic mass is 9.55. The third-order valence-corrected chi connectivity index (χ3v) is 6.13. The Hall–Kier alpha value is 0. The smallest absolute Gasteiger partial charge is 0.0218 e. The van der Waals surface area contributed by atoms with Crippen molar-refractivity contribution in [1.82, 2.24) is 0 Å². The summed E-state index contributed by atoms with van der Waals surface area (Å²) < 4.78 is 0. The fraction of sp³-hybridized carbons (Fsp3) is 1.00. The molecule has 2 aliphatic carbocycles. The molecule has 0 heterocycles. The Labute approximate surface area is 95.8 Å². The van der Waals surface area contributed by atoms with Gasteiger partial charge in [-0.15, -0.1) is 0 Å². The van der Waals surface area contributed by atoms with E-state index >= 15 is 0 Å². The summed E-state index contributed by atoms with van der Waals surface area (Å²) >= 11 is 0. The number of hydrogen-bond acceptors (Lipinski definition) is 0. The summed E-state index contributed by atoms with van der Waals surface area (Å²) in [6.07, 6.45) is 13.5. The maximum atomic E-state index is 2.53. The van der Waals surface area contributed by atoms with Gasteiger partial charge in [-0.1, -0.05) is 46.5 Å². The SMILES string of the molecule is CCC1(C2(CC)CCC[C@H]2C)CCCC1. The van der Waals surface area contributed by atoms with Crippen LogP contribution in [0.5, 0.6) is 0 Å². The lowest BCUT2D eigenvalue weighted by Crippen LogP contribution is -2.41. The summed E-state index contributed by atoms with van der Waals surface area (Å²) in [7, 11) is 0. The van der Waals surface area contributed by atoms with E-state index in [1.54, 1.807) is 0 Å². The highest BCUT2D eigenvalue weighted by Gasteiger charge is 2.54. The van der Waals surface area contributed by atoms with Crippen molar-refractivity contribution < 1.29 is 0 Å². The molecule has 88 valence electrons. The molecule has 0 amide bonds. The highest BCUT2D eigenvalue weighted by atomic mass is 14.6. The lowest BCUT2D eigenvalue weighted by molar-refractivity contribution is -0.00326. The van der Waals surface area contributed by atoms with E-state index in [4.69, 9.17) is 0 Å². The van der Waals surface area contributed by atoms with E-state index < -0.39 is 0 Å². The van der Waals surface area contributed by atoms with Crippen LogP contribution in [-0.4, -0.2) is 0 Å². The minimum atomic E-state index is 0.720. The number of hydrogen-bond donors (Lipinski definition) is 0. The molecule has 2 aliphatic rings. The van der Waals surface area contributed by atoms with E-state index in [1.165, 1.54) is 57.8 Å². The summed E-state index contributed by atoms with van der Waals surface area (Å²) in [4.78, 5) is 0. The molecular formula is C15H28. The molecule has 0 aromatic rings. The molecule has 0 aliphatic heterocycles. The Morgan fingerprint density at radius 1 is 0.933 bits per heavy atom. The van der Waals surface area contributed by atoms with Crippen LogP contribution in [0.3, 0.4) is 0 Å². The van der Waals surface area contributed by atoms with Crippen LogP contribution in [0.2, 0.25) is 0 Å². The van der Waals surface area contributed by atoms with E-state index in [9.17, 15) is 0 Å². The molecule has 15 heavy (non-hydrogen) atoms. The van der Waals surface area contributed by atoms with Gasteiger partial charge in [0.1, 0.15) is 0 Å². The van der Waals surface area contributed by atoms with Crippen LogP contribution in [0.1, 0.15) is 78.6 Å². The van der Waals surface area contributed by atoms with Gasteiger partial charge in [0.25, 0.3) is 0 Å². The van der Waals surface area contributed by atoms with Gasteiger partial charge in [-0.05, 0) is 48.9 Å². The second kappa shape index (κ2) is 4.11. The fourth-order valence-corrected chi connectivity index (χ4v) is 5.19. The minimum absolute atomic E-state index is 0.720. The van der Waals surface area contributed by atoms with E-state index in [-0.39, 0.29) is 0 Å². The predicted octanol–water partition coefficient (Wildman–Crippen LogP) is 5.17. The average Bonchev–Trinajstić information content (AvgIpc) is 2.85. The zero-order chi connectivity index (χ0) is 10.9. The summed E-state index contributed by atoms with van der Waals surface area (Å²) in [5, 5.41) is 0. The third kappa shape index (κ3) is 1.47. The summed E-state index contributed by atoms with van der Waals surface area (Å²) in [5.74, 6) is 0.987. The Bertz CT molecular complexity index is 212. The Kier molecular flexibility index (Phi) is 3.14. The fourth-order valence-electron chi connectivity index (χ4n) is 5.19. The topological polar surface area (TPSA) is 0 Å². The summed E-state index contributed by atoms with van der Waals surface area (Å²) in [6.45, 7) is 7.44. The van der Waals surface area contributed by atoms with Crippen molar-refractivity contribution in [3.8, 4) is 0 Å². The molecule has 1 unspecified atom stereocenters. The molecule has 2 fully saturated rings. The molecule has 0 heteroatoms. The molecule has 2 rings (SSSR count). The Morgan fingerprint density at radius 3 is 2.00 bits per heavy atom. The van der Waals surface area contributed by atoms with Crippen LogP contribution in [0, 0.1) is 16.7 Å². The molecule has 2 atom stereocenters. The highest BCUT2D eigenvalue weighted by molar-refractivity contribution is 5.04. The zero-order valence-corrected chi connectivity index (χ0v) is 10.9. The van der Waals surface area contributed by atoms with Crippen LogP contribution in [0.4, 0.5) is 0 Å². The quantitative estimate of drug-likeness (QED) is 0.600. The zero-order valence-electron chi connectivity index (χ0n) is 10.9. The van der Waals surface area contributed by atoms with Crippen molar-refractivity contribution in [2.75, 3.05) is 0 Å². The molecule has 0 bridgehead atoms. The molecule has 0 saturated heterocycles. The first-order chi connectivity index (χ1) is 7.21. The second-order valence-corrected chi connectivity index (χ2v) is 6.14. The lowest BCUT2D eigenvalue weighted by Gasteiger charge is -2.49. The molecule has 0 aromatic carbocycles. The largest absolute Gasteiger partial charge is 0.0648 e. The van der Waals surface area contributed by atoms with Crippen LogP contribution in [0.15, 0.2) is 0 Å². The standard InChI is InChI=1S/C15H28/c1-4-14(10-6-7-11-14)15(5-2)12-8-9-13(15)3/h13H,4-12H2,1-3H3/t13-,15?/m1/s1. The molecule has 0 aromatic heterocycles. The van der Waals surface area contributed by atoms with E-state index in [1.807, 2.05) is 0 Å². The van der Waals surface area contributed by atoms with Crippen LogP contribution < -0.4 is 0 Å². The monoisotopic (exact) mass is 208 g/mol. The van der Waals surface area contributed by atoms with Crippen molar-refractivity contribution >= 4 is 0 Å². The normalized spacial score (nSPS) is 39.8. The van der Waals surface area contributed by atoms with Gasteiger partial charge in [0, 0.05) is 0 Å². The van der Waals surface area contributed by atoms with Gasteiger partial charge in [0.2, 0.25) is 0 Å². The first-order valence-corrected chi connectivity index (χ1v) is 7.21. The Morgan fingerprint density at radius 2 is 1.60 bits per heavy atom. The first kappa shape index (κ1) is 11.5. The molecule has 0 spiro atoms. The molecule has 2 saturated carbocycles. The molecule has 0 nitrogen and oxygen atoms in total. The van der Waals surface area contributed by atoms with E-state index in [0.29, 0.717) is 0 Å². The molecule has 0 radical (unpaired) electrons. The maximum Gasteiger partial charge on any atom is -0.0218 e. The van der Waals surface area contributed by atoms with Gasteiger partial charge in [-0.25, -0.2) is 0 Å². The third-order valence-electron chi connectivity index (χ3n) is 6.13. The van der Waals surface area contributed by atoms with Crippen LogP contribution >= 0.6 is 0 Å². The van der Waals surface area contributed by atoms with Crippen LogP contribution in [0.25, 0.3) is 0 Å². The van der Waals surface area contributed by atoms with Gasteiger partial charge in [-0.2, -0.15) is 0 Å². The van der Waals surface area contributed by atoms with Crippen molar-refractivity contribution in [3.05, 3.63) is 0 Å². The van der Waals surface area contributed by atoms with Crippen molar-refractivity contribution in [2.24, 2.45) is 16.7 Å². The minimum Gasteiger partial charge on any atom is -0.0648 e. The van der Waals surface area contributed by atoms with Crippen molar-refractivity contribution in [1.29, 1.82) is 0 Å². The first-order valence-electron chi connectivity index (χ1n) is 7.21. The Balaban J connectivity index is 2.30. The van der Waals surface area contributed by atoms with Crippen molar-refractivity contribution in [3.63, 3.8) is 0 Å². The van der Waals surface area contributed by atoms with Gasteiger partial charge in [0.05, 0.1) is 0 Å². The van der Waals surface area contributed by atoms with Gasteiger partial charge in [0.15, 0.2) is 0 Å². The van der Waals surface area contributed by atoms with E-state index in [0.717, 1.165) is 16.7 Å². The summed E-state index contributed by atoms with van der Waals surface area (Å²) in [5.41, 5.74) is 1.45. The van der Waals surface area contributed by atoms with Gasteiger partial charge < -0.3 is 0 Å².